The number of esters is 1. The first-order valence-corrected chi connectivity index (χ1v) is 7.29. The van der Waals surface area contributed by atoms with Crippen LogP contribution in [0.3, 0.4) is 0 Å². The molecule has 1 N–H and O–H groups in total. The van der Waals surface area contributed by atoms with E-state index in [2.05, 4.69) is 10.1 Å². The topological polar surface area (TPSA) is 64.6 Å². The van der Waals surface area contributed by atoms with Gasteiger partial charge in [-0.1, -0.05) is 11.6 Å². The molecular formula is C17H16ClNO4. The van der Waals surface area contributed by atoms with Crippen molar-refractivity contribution in [1.82, 2.24) is 0 Å². The SMILES string of the molecule is COC(=O)c1ccc(OC(C)C(=O)Nc2ccc(Cl)cc2)cc1. The number of anilines is 1. The first-order valence-electron chi connectivity index (χ1n) is 6.91. The second-order valence-electron chi connectivity index (χ2n) is 4.77. The summed E-state index contributed by atoms with van der Waals surface area (Å²) < 4.78 is 10.2. The number of hydrogen-bond acceptors (Lipinski definition) is 4. The molecule has 0 saturated carbocycles. The van der Waals surface area contributed by atoms with E-state index in [4.69, 9.17) is 16.3 Å². The van der Waals surface area contributed by atoms with Gasteiger partial charge in [0.25, 0.3) is 5.91 Å². The quantitative estimate of drug-likeness (QED) is 0.850. The van der Waals surface area contributed by atoms with E-state index in [9.17, 15) is 9.59 Å². The van der Waals surface area contributed by atoms with Crippen molar-refractivity contribution in [2.75, 3.05) is 12.4 Å². The van der Waals surface area contributed by atoms with Crippen LogP contribution < -0.4 is 10.1 Å². The van der Waals surface area contributed by atoms with Crippen LogP contribution in [0.15, 0.2) is 48.5 Å². The molecule has 0 heterocycles. The van der Waals surface area contributed by atoms with Crippen LogP contribution in [-0.4, -0.2) is 25.1 Å². The van der Waals surface area contributed by atoms with E-state index in [0.29, 0.717) is 22.0 Å². The van der Waals surface area contributed by atoms with Crippen LogP contribution in [-0.2, 0) is 9.53 Å². The Hall–Kier alpha value is -2.53. The zero-order valence-corrected chi connectivity index (χ0v) is 13.5. The van der Waals surface area contributed by atoms with Crippen molar-refractivity contribution in [3.63, 3.8) is 0 Å². The van der Waals surface area contributed by atoms with E-state index >= 15 is 0 Å². The normalized spacial score (nSPS) is 11.4. The number of methoxy groups -OCH3 is 1. The number of amides is 1. The molecule has 0 aliphatic carbocycles. The standard InChI is InChI=1S/C17H16ClNO4/c1-11(16(20)19-14-7-5-13(18)6-8-14)23-15-9-3-12(4-10-15)17(21)22-2/h3-11H,1-2H3,(H,19,20). The van der Waals surface area contributed by atoms with Crippen molar-refractivity contribution < 1.29 is 19.1 Å². The van der Waals surface area contributed by atoms with E-state index in [1.54, 1.807) is 55.5 Å². The summed E-state index contributed by atoms with van der Waals surface area (Å²) in [6, 6.07) is 13.2. The van der Waals surface area contributed by atoms with Crippen molar-refractivity contribution in [1.29, 1.82) is 0 Å². The largest absolute Gasteiger partial charge is 0.481 e. The number of carbonyl (C=O) groups excluding carboxylic acids is 2. The van der Waals surface area contributed by atoms with Crippen molar-refractivity contribution >= 4 is 29.2 Å². The molecule has 2 aromatic rings. The Balaban J connectivity index is 1.95. The van der Waals surface area contributed by atoms with E-state index in [1.807, 2.05) is 0 Å². The number of halogens is 1. The number of ether oxygens (including phenoxy) is 2. The first-order chi connectivity index (χ1) is 11.0. The zero-order chi connectivity index (χ0) is 16.8. The second-order valence-corrected chi connectivity index (χ2v) is 5.21. The fourth-order valence-electron chi connectivity index (χ4n) is 1.82. The minimum Gasteiger partial charge on any atom is -0.481 e. The average Bonchev–Trinajstić information content (AvgIpc) is 2.56. The van der Waals surface area contributed by atoms with Crippen molar-refractivity contribution in [3.8, 4) is 5.75 Å². The van der Waals surface area contributed by atoms with Crippen molar-refractivity contribution in [2.45, 2.75) is 13.0 Å². The van der Waals surface area contributed by atoms with Crippen LogP contribution in [0.2, 0.25) is 5.02 Å². The third-order valence-electron chi connectivity index (χ3n) is 3.07. The Kier molecular flexibility index (Phi) is 5.60. The molecule has 0 saturated heterocycles. The molecule has 2 aromatic carbocycles. The summed E-state index contributed by atoms with van der Waals surface area (Å²) in [5.74, 6) is -0.231. The fourth-order valence-corrected chi connectivity index (χ4v) is 1.95. The molecule has 23 heavy (non-hydrogen) atoms. The number of benzene rings is 2. The average molecular weight is 334 g/mol. The molecule has 0 aromatic heterocycles. The minimum absolute atomic E-state index is 0.288. The Bertz CT molecular complexity index is 683. The van der Waals surface area contributed by atoms with Crippen LogP contribution in [0.5, 0.6) is 5.75 Å². The minimum atomic E-state index is -0.699. The molecule has 1 unspecified atom stereocenters. The van der Waals surface area contributed by atoms with E-state index in [1.165, 1.54) is 7.11 Å². The lowest BCUT2D eigenvalue weighted by molar-refractivity contribution is -0.122. The molecule has 0 aliphatic heterocycles. The van der Waals surface area contributed by atoms with Crippen molar-refractivity contribution in [2.24, 2.45) is 0 Å². The molecule has 0 fully saturated rings. The zero-order valence-electron chi connectivity index (χ0n) is 12.7. The summed E-state index contributed by atoms with van der Waals surface area (Å²) >= 11 is 5.79. The Morgan fingerprint density at radius 3 is 2.22 bits per heavy atom. The monoisotopic (exact) mass is 333 g/mol. The molecule has 0 radical (unpaired) electrons. The van der Waals surface area contributed by atoms with Gasteiger partial charge in [0.1, 0.15) is 5.75 Å². The summed E-state index contributed by atoms with van der Waals surface area (Å²) in [6.07, 6.45) is -0.699. The molecule has 1 amide bonds. The lowest BCUT2D eigenvalue weighted by atomic mass is 10.2. The summed E-state index contributed by atoms with van der Waals surface area (Å²) in [6.45, 7) is 1.64. The maximum atomic E-state index is 12.1. The van der Waals surface area contributed by atoms with Gasteiger partial charge in [-0.15, -0.1) is 0 Å². The van der Waals surface area contributed by atoms with Gasteiger partial charge < -0.3 is 14.8 Å². The van der Waals surface area contributed by atoms with Gasteiger partial charge in [0, 0.05) is 10.7 Å². The van der Waals surface area contributed by atoms with E-state index in [0.717, 1.165) is 0 Å². The smallest absolute Gasteiger partial charge is 0.337 e. The lowest BCUT2D eigenvalue weighted by Gasteiger charge is -2.15. The number of rotatable bonds is 5. The van der Waals surface area contributed by atoms with E-state index < -0.39 is 12.1 Å². The molecule has 2 rings (SSSR count). The van der Waals surface area contributed by atoms with Crippen LogP contribution in [0.4, 0.5) is 5.69 Å². The Morgan fingerprint density at radius 1 is 1.04 bits per heavy atom. The van der Waals surface area contributed by atoms with Crippen LogP contribution in [0, 0.1) is 0 Å². The van der Waals surface area contributed by atoms with Crippen LogP contribution >= 0.6 is 11.6 Å². The molecule has 120 valence electrons. The highest BCUT2D eigenvalue weighted by Gasteiger charge is 2.15. The van der Waals surface area contributed by atoms with Gasteiger partial charge in [0.2, 0.25) is 0 Å². The van der Waals surface area contributed by atoms with Gasteiger partial charge >= 0.3 is 5.97 Å². The number of carbonyl (C=O) groups is 2. The summed E-state index contributed by atoms with van der Waals surface area (Å²) in [5, 5.41) is 3.33. The molecule has 0 aliphatic rings. The Morgan fingerprint density at radius 2 is 1.65 bits per heavy atom. The summed E-state index contributed by atoms with van der Waals surface area (Å²) in [4.78, 5) is 23.4. The number of hydrogen-bond donors (Lipinski definition) is 1. The van der Waals surface area contributed by atoms with Crippen molar-refractivity contribution in [3.05, 3.63) is 59.1 Å². The van der Waals surface area contributed by atoms with Gasteiger partial charge in [-0.2, -0.15) is 0 Å². The third-order valence-corrected chi connectivity index (χ3v) is 3.32. The molecule has 1 atom stereocenters. The van der Waals surface area contributed by atoms with Gasteiger partial charge in [-0.3, -0.25) is 4.79 Å². The maximum Gasteiger partial charge on any atom is 0.337 e. The lowest BCUT2D eigenvalue weighted by Crippen LogP contribution is -2.30. The van der Waals surface area contributed by atoms with Crippen LogP contribution in [0.25, 0.3) is 0 Å². The Labute approximate surface area is 139 Å². The molecule has 5 nitrogen and oxygen atoms in total. The molecular weight excluding hydrogens is 318 g/mol. The van der Waals surface area contributed by atoms with Gasteiger partial charge in [-0.05, 0) is 55.5 Å². The van der Waals surface area contributed by atoms with Gasteiger partial charge in [-0.25, -0.2) is 4.79 Å². The summed E-state index contributed by atoms with van der Waals surface area (Å²) in [5.41, 5.74) is 1.05. The summed E-state index contributed by atoms with van der Waals surface area (Å²) in [7, 11) is 1.32. The predicted octanol–water partition coefficient (Wildman–Crippen LogP) is 3.53. The highest BCUT2D eigenvalue weighted by atomic mass is 35.5. The molecule has 0 bridgehead atoms. The maximum absolute atomic E-state index is 12.1. The molecule has 0 spiro atoms. The highest BCUT2D eigenvalue weighted by molar-refractivity contribution is 6.30. The first kappa shape index (κ1) is 16.8. The number of nitrogens with one attached hydrogen (secondary N) is 1. The van der Waals surface area contributed by atoms with Gasteiger partial charge in [0.15, 0.2) is 6.10 Å². The molecule has 6 heteroatoms. The second kappa shape index (κ2) is 7.65. The highest BCUT2D eigenvalue weighted by Crippen LogP contribution is 2.16. The fraction of sp³-hybridized carbons (Fsp3) is 0.176. The predicted molar refractivity (Wildman–Crippen MR) is 88.0 cm³/mol. The third kappa shape index (κ3) is 4.72. The van der Waals surface area contributed by atoms with E-state index in [-0.39, 0.29) is 5.91 Å². The van der Waals surface area contributed by atoms with Gasteiger partial charge in [0.05, 0.1) is 12.7 Å². The van der Waals surface area contributed by atoms with Crippen LogP contribution in [0.1, 0.15) is 17.3 Å².